The molecule has 2 amide bonds. The number of hydrogen-bond donors (Lipinski definition) is 2. The minimum Gasteiger partial charge on any atom is -0.493 e. The zero-order valence-corrected chi connectivity index (χ0v) is 14.5. The third-order valence-corrected chi connectivity index (χ3v) is 3.51. The average molecular weight is 342 g/mol. The lowest BCUT2D eigenvalue weighted by molar-refractivity contribution is -0.122. The first-order valence-corrected chi connectivity index (χ1v) is 8.04. The summed E-state index contributed by atoms with van der Waals surface area (Å²) < 4.78 is 10.9. The van der Waals surface area contributed by atoms with Crippen LogP contribution in [-0.4, -0.2) is 31.6 Å². The maximum Gasteiger partial charge on any atom is 0.265 e. The number of nitrogens with one attached hydrogen (secondary N) is 2. The maximum atomic E-state index is 12.4. The Labute approximate surface area is 147 Å². The van der Waals surface area contributed by atoms with Gasteiger partial charge in [-0.15, -0.1) is 0 Å². The lowest BCUT2D eigenvalue weighted by atomic mass is 10.1. The molecule has 0 aromatic heterocycles. The van der Waals surface area contributed by atoms with Crippen molar-refractivity contribution in [2.75, 3.05) is 19.0 Å². The highest BCUT2D eigenvalue weighted by Crippen LogP contribution is 2.27. The molecule has 0 aliphatic heterocycles. The minimum absolute atomic E-state index is 0.239. The van der Waals surface area contributed by atoms with Gasteiger partial charge in [-0.3, -0.25) is 9.59 Å². The molecule has 1 atom stereocenters. The molecule has 0 aliphatic rings. The molecule has 2 N–H and O–H groups in total. The van der Waals surface area contributed by atoms with E-state index in [1.54, 1.807) is 49.4 Å². The van der Waals surface area contributed by atoms with E-state index in [-0.39, 0.29) is 11.8 Å². The smallest absolute Gasteiger partial charge is 0.265 e. The Morgan fingerprint density at radius 3 is 2.36 bits per heavy atom. The second-order valence-corrected chi connectivity index (χ2v) is 5.31. The summed E-state index contributed by atoms with van der Waals surface area (Å²) in [6.07, 6.45) is -0.765. The van der Waals surface area contributed by atoms with Crippen LogP contribution < -0.4 is 20.1 Å². The lowest BCUT2D eigenvalue weighted by Crippen LogP contribution is -2.31. The summed E-state index contributed by atoms with van der Waals surface area (Å²) in [5.41, 5.74) is 0.844. The van der Waals surface area contributed by atoms with Gasteiger partial charge in [0.05, 0.1) is 18.4 Å². The summed E-state index contributed by atoms with van der Waals surface area (Å²) in [4.78, 5) is 24.5. The molecule has 25 heavy (non-hydrogen) atoms. The molecule has 0 bridgehead atoms. The van der Waals surface area contributed by atoms with Gasteiger partial charge in [-0.1, -0.05) is 24.3 Å². The molecule has 2 rings (SSSR count). The number of rotatable bonds is 7. The number of carbonyl (C=O) groups is 2. The Morgan fingerprint density at radius 2 is 1.68 bits per heavy atom. The van der Waals surface area contributed by atoms with Gasteiger partial charge in [0.2, 0.25) is 0 Å². The van der Waals surface area contributed by atoms with E-state index in [0.29, 0.717) is 29.3 Å². The van der Waals surface area contributed by atoms with Crippen LogP contribution in [0.1, 0.15) is 24.2 Å². The Balaban J connectivity index is 2.10. The van der Waals surface area contributed by atoms with E-state index in [4.69, 9.17) is 9.47 Å². The molecule has 6 nitrogen and oxygen atoms in total. The third kappa shape index (κ3) is 4.73. The molecule has 0 fully saturated rings. The van der Waals surface area contributed by atoms with Crippen molar-refractivity contribution < 1.29 is 19.1 Å². The summed E-state index contributed by atoms with van der Waals surface area (Å²) in [7, 11) is 1.54. The monoisotopic (exact) mass is 342 g/mol. The number of carbonyl (C=O) groups excluding carboxylic acids is 2. The van der Waals surface area contributed by atoms with Gasteiger partial charge in [-0.05, 0) is 38.1 Å². The van der Waals surface area contributed by atoms with E-state index in [2.05, 4.69) is 10.6 Å². The Bertz CT molecular complexity index is 746. The second-order valence-electron chi connectivity index (χ2n) is 5.31. The van der Waals surface area contributed by atoms with Crippen LogP contribution in [-0.2, 0) is 4.79 Å². The molecule has 0 radical (unpaired) electrons. The third-order valence-electron chi connectivity index (χ3n) is 3.51. The van der Waals surface area contributed by atoms with Crippen molar-refractivity contribution in [2.24, 2.45) is 0 Å². The largest absolute Gasteiger partial charge is 0.493 e. The van der Waals surface area contributed by atoms with Crippen molar-refractivity contribution in [1.29, 1.82) is 0 Å². The molecule has 1 unspecified atom stereocenters. The van der Waals surface area contributed by atoms with E-state index in [1.165, 1.54) is 7.11 Å². The molecule has 0 aliphatic carbocycles. The molecule has 132 valence electrons. The Kier molecular flexibility index (Phi) is 6.39. The van der Waals surface area contributed by atoms with E-state index in [0.717, 1.165) is 0 Å². The average Bonchev–Trinajstić information content (AvgIpc) is 2.62. The van der Waals surface area contributed by atoms with Gasteiger partial charge < -0.3 is 20.1 Å². The van der Waals surface area contributed by atoms with Gasteiger partial charge in [-0.2, -0.15) is 0 Å². The number of ether oxygens (including phenoxy) is 2. The lowest BCUT2D eigenvalue weighted by Gasteiger charge is -2.17. The van der Waals surface area contributed by atoms with Crippen molar-refractivity contribution >= 4 is 17.5 Å². The number of benzene rings is 2. The van der Waals surface area contributed by atoms with Crippen molar-refractivity contribution in [2.45, 2.75) is 20.0 Å². The first-order chi connectivity index (χ1) is 12.1. The predicted octanol–water partition coefficient (Wildman–Crippen LogP) is 2.85. The van der Waals surface area contributed by atoms with E-state index in [9.17, 15) is 9.59 Å². The molecular weight excluding hydrogens is 320 g/mol. The van der Waals surface area contributed by atoms with Crippen LogP contribution >= 0.6 is 0 Å². The number of methoxy groups -OCH3 is 1. The summed E-state index contributed by atoms with van der Waals surface area (Å²) in [6, 6.07) is 13.9. The summed E-state index contributed by atoms with van der Waals surface area (Å²) in [5, 5.41) is 5.46. The number of hydrogen-bond acceptors (Lipinski definition) is 4. The van der Waals surface area contributed by atoms with Crippen molar-refractivity contribution in [3.63, 3.8) is 0 Å². The van der Waals surface area contributed by atoms with Gasteiger partial charge in [0.25, 0.3) is 11.8 Å². The zero-order chi connectivity index (χ0) is 18.2. The Morgan fingerprint density at radius 1 is 1.04 bits per heavy atom. The number of amides is 2. The highest BCUT2D eigenvalue weighted by molar-refractivity contribution is 6.04. The fourth-order valence-corrected chi connectivity index (χ4v) is 2.24. The molecule has 0 saturated heterocycles. The first-order valence-electron chi connectivity index (χ1n) is 8.04. The molecule has 0 heterocycles. The van der Waals surface area contributed by atoms with Crippen LogP contribution in [0.5, 0.6) is 11.5 Å². The van der Waals surface area contributed by atoms with Crippen LogP contribution in [0.25, 0.3) is 0 Å². The van der Waals surface area contributed by atoms with Crippen molar-refractivity contribution in [3.05, 3.63) is 54.1 Å². The summed E-state index contributed by atoms with van der Waals surface area (Å²) in [5.74, 6) is 0.425. The molecule has 6 heteroatoms. The standard InChI is InChI=1S/C19H22N2O4/c1-4-20-19(23)14-9-5-6-10-15(14)21-18(22)13(2)25-17-12-8-7-11-16(17)24-3/h5-13H,4H2,1-3H3,(H,20,23)(H,21,22). The highest BCUT2D eigenvalue weighted by Gasteiger charge is 2.19. The highest BCUT2D eigenvalue weighted by atomic mass is 16.5. The number of para-hydroxylation sites is 3. The van der Waals surface area contributed by atoms with Crippen LogP contribution in [0.15, 0.2) is 48.5 Å². The van der Waals surface area contributed by atoms with Gasteiger partial charge in [0.15, 0.2) is 17.6 Å². The second kappa shape index (κ2) is 8.73. The molecule has 0 spiro atoms. The van der Waals surface area contributed by atoms with Gasteiger partial charge >= 0.3 is 0 Å². The normalized spacial score (nSPS) is 11.3. The minimum atomic E-state index is -0.765. The summed E-state index contributed by atoms with van der Waals surface area (Å²) in [6.45, 7) is 3.98. The van der Waals surface area contributed by atoms with Crippen LogP contribution in [0, 0.1) is 0 Å². The topological polar surface area (TPSA) is 76.7 Å². The summed E-state index contributed by atoms with van der Waals surface area (Å²) >= 11 is 0. The van der Waals surface area contributed by atoms with Crippen molar-refractivity contribution in [1.82, 2.24) is 5.32 Å². The van der Waals surface area contributed by atoms with E-state index in [1.807, 2.05) is 13.0 Å². The SMILES string of the molecule is CCNC(=O)c1ccccc1NC(=O)C(C)Oc1ccccc1OC. The van der Waals surface area contributed by atoms with Crippen LogP contribution in [0.3, 0.4) is 0 Å². The van der Waals surface area contributed by atoms with Crippen molar-refractivity contribution in [3.8, 4) is 11.5 Å². The van der Waals surface area contributed by atoms with Gasteiger partial charge in [-0.25, -0.2) is 0 Å². The maximum absolute atomic E-state index is 12.4. The van der Waals surface area contributed by atoms with Crippen LogP contribution in [0.2, 0.25) is 0 Å². The fourth-order valence-electron chi connectivity index (χ4n) is 2.24. The molecule has 0 saturated carbocycles. The quantitative estimate of drug-likeness (QED) is 0.811. The Hall–Kier alpha value is -3.02. The molecule has 2 aromatic carbocycles. The van der Waals surface area contributed by atoms with Gasteiger partial charge in [0.1, 0.15) is 0 Å². The van der Waals surface area contributed by atoms with E-state index < -0.39 is 6.10 Å². The first kappa shape index (κ1) is 18.3. The number of anilines is 1. The van der Waals surface area contributed by atoms with Crippen LogP contribution in [0.4, 0.5) is 5.69 Å². The van der Waals surface area contributed by atoms with E-state index >= 15 is 0 Å². The zero-order valence-electron chi connectivity index (χ0n) is 14.5. The van der Waals surface area contributed by atoms with Gasteiger partial charge in [0, 0.05) is 6.54 Å². The molecular formula is C19H22N2O4. The predicted molar refractivity (Wildman–Crippen MR) is 96.2 cm³/mol. The fraction of sp³-hybridized carbons (Fsp3) is 0.263. The molecule has 2 aromatic rings.